The van der Waals surface area contributed by atoms with Gasteiger partial charge in [0.25, 0.3) is 5.17 Å². The number of nitrogens with zero attached hydrogens (tertiary/aromatic N) is 4. The number of aliphatic hydroxyl groups is 2. The van der Waals surface area contributed by atoms with Crippen molar-refractivity contribution in [2.45, 2.75) is 37.0 Å². The fourth-order valence-electron chi connectivity index (χ4n) is 3.31. The van der Waals surface area contributed by atoms with E-state index in [1.165, 1.54) is 12.7 Å². The first-order valence-electron chi connectivity index (χ1n) is 8.96. The van der Waals surface area contributed by atoms with E-state index in [-0.39, 0.29) is 17.8 Å². The second-order valence-electron chi connectivity index (χ2n) is 6.65. The molecule has 2 saturated heterocycles. The molecule has 12 heteroatoms. The summed E-state index contributed by atoms with van der Waals surface area (Å²) in [5.41, 5.74) is 1.04. The Morgan fingerprint density at radius 3 is 2.96 bits per heavy atom. The van der Waals surface area contributed by atoms with Crippen LogP contribution in [0.4, 0.5) is 5.82 Å². The Labute approximate surface area is 166 Å². The molecular formula is C16H22N6O5S. The van der Waals surface area contributed by atoms with Crippen LogP contribution in [0.25, 0.3) is 11.2 Å². The number of fused-ring (bicyclic) bond motifs is 1. The van der Waals surface area contributed by atoms with Gasteiger partial charge in [-0.2, -0.15) is 0 Å². The number of anilines is 1. The van der Waals surface area contributed by atoms with Gasteiger partial charge >= 0.3 is 0 Å². The molecule has 4 heterocycles. The summed E-state index contributed by atoms with van der Waals surface area (Å²) in [5.74, 6) is 0.589. The zero-order valence-electron chi connectivity index (χ0n) is 15.2. The quantitative estimate of drug-likeness (QED) is 0.460. The van der Waals surface area contributed by atoms with E-state index in [2.05, 4.69) is 25.6 Å². The van der Waals surface area contributed by atoms with Crippen LogP contribution in [0.3, 0.4) is 0 Å². The van der Waals surface area contributed by atoms with Gasteiger partial charge in [-0.3, -0.25) is 4.57 Å². The van der Waals surface area contributed by atoms with E-state index >= 15 is 0 Å². The molecule has 0 aliphatic carbocycles. The zero-order valence-corrected chi connectivity index (χ0v) is 16.0. The minimum absolute atomic E-state index is 0.00446. The van der Waals surface area contributed by atoms with Crippen molar-refractivity contribution in [3.05, 3.63) is 12.7 Å². The highest BCUT2D eigenvalue weighted by Gasteiger charge is 2.44. The van der Waals surface area contributed by atoms with Crippen molar-refractivity contribution in [3.8, 4) is 0 Å². The van der Waals surface area contributed by atoms with Gasteiger partial charge in [-0.15, -0.1) is 0 Å². The van der Waals surface area contributed by atoms with Crippen LogP contribution in [-0.4, -0.2) is 86.1 Å². The number of ether oxygens (including phenoxy) is 3. The van der Waals surface area contributed by atoms with Gasteiger partial charge in [0, 0.05) is 13.7 Å². The van der Waals surface area contributed by atoms with Crippen molar-refractivity contribution >= 4 is 34.4 Å². The number of nitrogens with one attached hydrogen (secondary N) is 2. The van der Waals surface area contributed by atoms with E-state index in [0.29, 0.717) is 30.2 Å². The van der Waals surface area contributed by atoms with Gasteiger partial charge < -0.3 is 35.1 Å². The predicted molar refractivity (Wildman–Crippen MR) is 102 cm³/mol. The van der Waals surface area contributed by atoms with E-state index < -0.39 is 24.5 Å². The first kappa shape index (κ1) is 19.2. The number of rotatable bonds is 5. The summed E-state index contributed by atoms with van der Waals surface area (Å²) in [6.45, 7) is 1.32. The van der Waals surface area contributed by atoms with Crippen LogP contribution in [0.2, 0.25) is 0 Å². The lowest BCUT2D eigenvalue weighted by molar-refractivity contribution is -0.0490. The fraction of sp³-hybridized carbons (Fsp3) is 0.625. The van der Waals surface area contributed by atoms with Crippen molar-refractivity contribution in [1.82, 2.24) is 24.8 Å². The number of hydrogen-bond donors (Lipinski definition) is 4. The second kappa shape index (κ2) is 8.09. The molecule has 0 unspecified atom stereocenters. The summed E-state index contributed by atoms with van der Waals surface area (Å²) < 4.78 is 18.1. The highest BCUT2D eigenvalue weighted by Crippen LogP contribution is 2.32. The molecule has 152 valence electrons. The lowest BCUT2D eigenvalue weighted by atomic mass is 10.1. The maximum Gasteiger partial charge on any atom is 0.256 e. The van der Waals surface area contributed by atoms with E-state index in [4.69, 9.17) is 26.4 Å². The molecule has 0 aromatic carbocycles. The Bertz CT molecular complexity index is 844. The SMILES string of the molecule is CNC(=S)OC[C@H]1O[C@@H](n2cnc3c(N[C@@H]4CCOC4)ncnc32)[C@H](O)[C@@H]1O. The molecule has 2 aliphatic heterocycles. The zero-order chi connectivity index (χ0) is 19.7. The predicted octanol–water partition coefficient (Wildman–Crippen LogP) is -0.833. The van der Waals surface area contributed by atoms with Gasteiger partial charge in [0.1, 0.15) is 31.2 Å². The lowest BCUT2D eigenvalue weighted by Crippen LogP contribution is -2.35. The number of aromatic nitrogens is 4. The number of thiocarbonyl (C=S) groups is 1. The number of imidazole rings is 1. The lowest BCUT2D eigenvalue weighted by Gasteiger charge is -2.17. The first-order valence-corrected chi connectivity index (χ1v) is 9.37. The standard InChI is InChI=1S/C16H22N6O5S/c1-17-16(28)26-5-9-11(23)12(24)15(27-9)22-7-20-10-13(18-6-19-14(10)22)21-8-2-3-25-4-8/h6-9,11-12,15,23-24H,2-5H2,1H3,(H,17,28)(H,18,19,21)/t8-,9-,11-,12-,15-/m1/s1. The van der Waals surface area contributed by atoms with Gasteiger partial charge in [-0.1, -0.05) is 0 Å². The summed E-state index contributed by atoms with van der Waals surface area (Å²) in [6.07, 6.45) is -0.117. The van der Waals surface area contributed by atoms with Crippen LogP contribution in [0, 0.1) is 0 Å². The molecule has 5 atom stereocenters. The molecule has 2 fully saturated rings. The second-order valence-corrected chi connectivity index (χ2v) is 7.02. The molecule has 2 aliphatic rings. The van der Waals surface area contributed by atoms with E-state index in [1.807, 2.05) is 0 Å². The fourth-order valence-corrected chi connectivity index (χ4v) is 3.38. The van der Waals surface area contributed by atoms with Crippen LogP contribution in [0.5, 0.6) is 0 Å². The summed E-state index contributed by atoms with van der Waals surface area (Å²) >= 11 is 4.92. The van der Waals surface area contributed by atoms with Crippen LogP contribution in [0.1, 0.15) is 12.6 Å². The largest absolute Gasteiger partial charge is 0.468 e. The molecule has 0 spiro atoms. The molecule has 2 aromatic rings. The Hall–Kier alpha value is -2.12. The molecule has 28 heavy (non-hydrogen) atoms. The number of hydrogen-bond acceptors (Lipinski definition) is 10. The van der Waals surface area contributed by atoms with E-state index in [1.54, 1.807) is 11.6 Å². The van der Waals surface area contributed by atoms with Crippen molar-refractivity contribution < 1.29 is 24.4 Å². The van der Waals surface area contributed by atoms with Gasteiger partial charge in [-0.05, 0) is 18.6 Å². The molecule has 0 bridgehead atoms. The monoisotopic (exact) mass is 410 g/mol. The summed E-state index contributed by atoms with van der Waals surface area (Å²) in [4.78, 5) is 12.9. The van der Waals surface area contributed by atoms with Crippen LogP contribution < -0.4 is 10.6 Å². The molecule has 0 radical (unpaired) electrons. The van der Waals surface area contributed by atoms with E-state index in [0.717, 1.165) is 6.42 Å². The Kier molecular flexibility index (Phi) is 5.55. The Morgan fingerprint density at radius 1 is 1.36 bits per heavy atom. The summed E-state index contributed by atoms with van der Waals surface area (Å²) in [5, 5.41) is 27.0. The third-order valence-electron chi connectivity index (χ3n) is 4.82. The van der Waals surface area contributed by atoms with Crippen LogP contribution in [-0.2, 0) is 14.2 Å². The van der Waals surface area contributed by atoms with Crippen molar-refractivity contribution in [2.75, 3.05) is 32.2 Å². The van der Waals surface area contributed by atoms with Crippen LogP contribution >= 0.6 is 12.2 Å². The molecule has 0 saturated carbocycles. The molecular weight excluding hydrogens is 388 g/mol. The van der Waals surface area contributed by atoms with Gasteiger partial charge in [-0.25, -0.2) is 15.0 Å². The topological polar surface area (TPSA) is 136 Å². The smallest absolute Gasteiger partial charge is 0.256 e. The van der Waals surface area contributed by atoms with Crippen molar-refractivity contribution in [3.63, 3.8) is 0 Å². The van der Waals surface area contributed by atoms with Crippen molar-refractivity contribution in [2.24, 2.45) is 0 Å². The first-order chi connectivity index (χ1) is 13.6. The maximum absolute atomic E-state index is 10.5. The molecule has 11 nitrogen and oxygen atoms in total. The molecule has 2 aromatic heterocycles. The average Bonchev–Trinajstić information content (AvgIpc) is 3.42. The molecule has 4 rings (SSSR count). The van der Waals surface area contributed by atoms with Crippen LogP contribution in [0.15, 0.2) is 12.7 Å². The third kappa shape index (κ3) is 3.61. The highest BCUT2D eigenvalue weighted by molar-refractivity contribution is 7.80. The summed E-state index contributed by atoms with van der Waals surface area (Å²) in [6, 6.07) is 0.163. The van der Waals surface area contributed by atoms with Gasteiger partial charge in [0.15, 0.2) is 23.2 Å². The van der Waals surface area contributed by atoms with Crippen molar-refractivity contribution in [1.29, 1.82) is 0 Å². The molecule has 4 N–H and O–H groups in total. The Morgan fingerprint density at radius 2 is 2.21 bits per heavy atom. The van der Waals surface area contributed by atoms with Gasteiger partial charge in [0.2, 0.25) is 0 Å². The minimum atomic E-state index is -1.18. The molecule has 0 amide bonds. The minimum Gasteiger partial charge on any atom is -0.468 e. The maximum atomic E-state index is 10.5. The average molecular weight is 410 g/mol. The highest BCUT2D eigenvalue weighted by atomic mass is 32.1. The third-order valence-corrected chi connectivity index (χ3v) is 5.15. The number of aliphatic hydroxyl groups excluding tert-OH is 2. The Balaban J connectivity index is 1.54. The normalized spacial score (nSPS) is 29.9. The summed E-state index contributed by atoms with van der Waals surface area (Å²) in [7, 11) is 1.63. The van der Waals surface area contributed by atoms with Gasteiger partial charge in [0.05, 0.1) is 19.0 Å². The van der Waals surface area contributed by atoms with E-state index in [9.17, 15) is 10.2 Å².